The van der Waals surface area contributed by atoms with Crippen molar-refractivity contribution in [2.75, 3.05) is 5.32 Å². The SMILES string of the molecule is Cc1c(Cl)cccc1NC(=O)C[C@@H]1SC(=Nc2ccccc2)N(C2CC2)C1=O. The first-order chi connectivity index (χ1) is 13.5. The fourth-order valence-electron chi connectivity index (χ4n) is 3.09. The Hall–Kier alpha value is -2.31. The molecule has 5 nitrogen and oxygen atoms in total. The van der Waals surface area contributed by atoms with Gasteiger partial charge in [0.25, 0.3) is 0 Å². The van der Waals surface area contributed by atoms with Crippen LogP contribution in [0.5, 0.6) is 0 Å². The highest BCUT2D eigenvalue weighted by Crippen LogP contribution is 2.39. The number of para-hydroxylation sites is 1. The van der Waals surface area contributed by atoms with E-state index in [-0.39, 0.29) is 24.3 Å². The van der Waals surface area contributed by atoms with Gasteiger partial charge in [-0.3, -0.25) is 14.5 Å². The van der Waals surface area contributed by atoms with Gasteiger partial charge in [-0.2, -0.15) is 0 Å². The van der Waals surface area contributed by atoms with Gasteiger partial charge in [0, 0.05) is 23.2 Å². The predicted molar refractivity (Wildman–Crippen MR) is 114 cm³/mol. The summed E-state index contributed by atoms with van der Waals surface area (Å²) in [7, 11) is 0. The molecule has 1 atom stereocenters. The summed E-state index contributed by atoms with van der Waals surface area (Å²) < 4.78 is 0. The summed E-state index contributed by atoms with van der Waals surface area (Å²) in [6, 6.07) is 15.2. The Morgan fingerprint density at radius 2 is 1.96 bits per heavy atom. The average molecular weight is 414 g/mol. The summed E-state index contributed by atoms with van der Waals surface area (Å²) in [4.78, 5) is 31.9. The van der Waals surface area contributed by atoms with Crippen LogP contribution in [-0.4, -0.2) is 33.2 Å². The lowest BCUT2D eigenvalue weighted by molar-refractivity contribution is -0.128. The van der Waals surface area contributed by atoms with Crippen LogP contribution in [0.2, 0.25) is 5.02 Å². The molecule has 0 spiro atoms. The van der Waals surface area contributed by atoms with Crippen LogP contribution in [-0.2, 0) is 9.59 Å². The Labute approximate surface area is 173 Å². The first-order valence-corrected chi connectivity index (χ1v) is 10.5. The minimum atomic E-state index is -0.456. The molecule has 1 aliphatic heterocycles. The zero-order valence-electron chi connectivity index (χ0n) is 15.4. The predicted octanol–water partition coefficient (Wildman–Crippen LogP) is 4.77. The molecule has 28 heavy (non-hydrogen) atoms. The highest BCUT2D eigenvalue weighted by Gasteiger charge is 2.46. The van der Waals surface area contributed by atoms with Crippen molar-refractivity contribution in [3.05, 3.63) is 59.1 Å². The van der Waals surface area contributed by atoms with E-state index in [0.29, 0.717) is 15.9 Å². The van der Waals surface area contributed by atoms with Gasteiger partial charge in [0.2, 0.25) is 11.8 Å². The van der Waals surface area contributed by atoms with E-state index in [4.69, 9.17) is 11.6 Å². The Kier molecular flexibility index (Phi) is 5.42. The van der Waals surface area contributed by atoms with Gasteiger partial charge in [0.15, 0.2) is 5.17 Å². The van der Waals surface area contributed by atoms with Gasteiger partial charge in [0.05, 0.1) is 5.69 Å². The quantitative estimate of drug-likeness (QED) is 0.767. The molecule has 1 aliphatic carbocycles. The molecule has 0 aromatic heterocycles. The Morgan fingerprint density at radius 3 is 2.68 bits per heavy atom. The molecule has 1 saturated heterocycles. The molecule has 1 N–H and O–H groups in total. The molecular formula is C21H20ClN3O2S. The van der Waals surface area contributed by atoms with Crippen LogP contribution in [0, 0.1) is 6.92 Å². The van der Waals surface area contributed by atoms with Crippen LogP contribution in [0.25, 0.3) is 0 Å². The smallest absolute Gasteiger partial charge is 0.242 e. The van der Waals surface area contributed by atoms with E-state index in [9.17, 15) is 9.59 Å². The van der Waals surface area contributed by atoms with E-state index in [1.54, 1.807) is 17.0 Å². The van der Waals surface area contributed by atoms with Gasteiger partial charge in [-0.15, -0.1) is 0 Å². The fourth-order valence-corrected chi connectivity index (χ4v) is 4.48. The number of carbonyl (C=O) groups excluding carboxylic acids is 2. The number of hydrogen-bond donors (Lipinski definition) is 1. The number of anilines is 1. The standard InChI is InChI=1S/C21H20ClN3O2S/c1-13-16(22)8-5-9-17(13)24-19(26)12-18-20(27)25(15-10-11-15)21(28-18)23-14-6-3-2-4-7-14/h2-9,15,18H,10-12H2,1H3,(H,24,26)/t18-/m0/s1. The summed E-state index contributed by atoms with van der Waals surface area (Å²) in [5, 5.41) is 3.71. The van der Waals surface area contributed by atoms with Gasteiger partial charge >= 0.3 is 0 Å². The third-order valence-electron chi connectivity index (χ3n) is 4.77. The van der Waals surface area contributed by atoms with Crippen molar-refractivity contribution in [2.45, 2.75) is 37.5 Å². The van der Waals surface area contributed by atoms with Crippen LogP contribution < -0.4 is 5.32 Å². The number of nitrogens with zero attached hydrogens (tertiary/aromatic N) is 2. The molecule has 2 amide bonds. The zero-order chi connectivity index (χ0) is 19.7. The Bertz CT molecular complexity index is 944. The summed E-state index contributed by atoms with van der Waals surface area (Å²) in [6.07, 6.45) is 2.08. The number of benzene rings is 2. The van der Waals surface area contributed by atoms with Gasteiger partial charge in [-0.25, -0.2) is 4.99 Å². The van der Waals surface area contributed by atoms with Crippen LogP contribution in [0.1, 0.15) is 24.8 Å². The third-order valence-corrected chi connectivity index (χ3v) is 6.33. The van der Waals surface area contributed by atoms with E-state index >= 15 is 0 Å². The van der Waals surface area contributed by atoms with Crippen molar-refractivity contribution in [2.24, 2.45) is 4.99 Å². The molecular weight excluding hydrogens is 394 g/mol. The summed E-state index contributed by atoms with van der Waals surface area (Å²) >= 11 is 7.49. The van der Waals surface area contributed by atoms with Crippen LogP contribution in [0.3, 0.4) is 0 Å². The molecule has 144 valence electrons. The second kappa shape index (κ2) is 7.97. The maximum atomic E-state index is 12.9. The number of rotatable bonds is 5. The molecule has 0 unspecified atom stereocenters. The van der Waals surface area contributed by atoms with Crippen LogP contribution in [0.4, 0.5) is 11.4 Å². The largest absolute Gasteiger partial charge is 0.326 e. The molecule has 0 bridgehead atoms. The maximum absolute atomic E-state index is 12.9. The Balaban J connectivity index is 1.49. The van der Waals surface area contributed by atoms with E-state index in [1.807, 2.05) is 43.3 Å². The molecule has 2 aromatic rings. The molecule has 2 aliphatic rings. The normalized spacial score (nSPS) is 20.6. The summed E-state index contributed by atoms with van der Waals surface area (Å²) in [5.74, 6) is -0.229. The van der Waals surface area contributed by atoms with Crippen molar-refractivity contribution < 1.29 is 9.59 Å². The average Bonchev–Trinajstić information content (AvgIpc) is 3.46. The lowest BCUT2D eigenvalue weighted by atomic mass is 10.2. The van der Waals surface area contributed by atoms with Gasteiger partial charge in [-0.1, -0.05) is 47.6 Å². The molecule has 0 radical (unpaired) electrons. The monoisotopic (exact) mass is 413 g/mol. The molecule has 2 fully saturated rings. The van der Waals surface area contributed by atoms with Crippen molar-refractivity contribution in [3.63, 3.8) is 0 Å². The first-order valence-electron chi connectivity index (χ1n) is 9.21. The number of hydrogen-bond acceptors (Lipinski definition) is 4. The lowest BCUT2D eigenvalue weighted by Crippen LogP contribution is -2.35. The van der Waals surface area contributed by atoms with Gasteiger partial charge in [0.1, 0.15) is 5.25 Å². The second-order valence-electron chi connectivity index (χ2n) is 6.94. The minimum Gasteiger partial charge on any atom is -0.326 e. The Morgan fingerprint density at radius 1 is 1.21 bits per heavy atom. The topological polar surface area (TPSA) is 61.8 Å². The number of amides is 2. The lowest BCUT2D eigenvalue weighted by Gasteiger charge is -2.15. The molecule has 4 rings (SSSR count). The van der Waals surface area contributed by atoms with Crippen LogP contribution >= 0.6 is 23.4 Å². The third kappa shape index (κ3) is 4.08. The molecule has 2 aromatic carbocycles. The highest BCUT2D eigenvalue weighted by molar-refractivity contribution is 8.15. The first kappa shape index (κ1) is 19.0. The van der Waals surface area contributed by atoms with E-state index < -0.39 is 5.25 Å². The van der Waals surface area contributed by atoms with Crippen molar-refractivity contribution >= 4 is 51.7 Å². The van der Waals surface area contributed by atoms with E-state index in [0.717, 1.165) is 24.1 Å². The molecule has 1 saturated carbocycles. The van der Waals surface area contributed by atoms with E-state index in [2.05, 4.69) is 10.3 Å². The number of amidine groups is 1. The van der Waals surface area contributed by atoms with Crippen LogP contribution in [0.15, 0.2) is 53.5 Å². The van der Waals surface area contributed by atoms with Gasteiger partial charge in [-0.05, 0) is 49.6 Å². The number of thioether (sulfide) groups is 1. The number of halogens is 1. The number of aliphatic imine (C=N–C) groups is 1. The fraction of sp³-hybridized carbons (Fsp3) is 0.286. The van der Waals surface area contributed by atoms with E-state index in [1.165, 1.54) is 11.8 Å². The van der Waals surface area contributed by atoms with Crippen molar-refractivity contribution in [1.82, 2.24) is 4.90 Å². The highest BCUT2D eigenvalue weighted by atomic mass is 35.5. The summed E-state index contributed by atoms with van der Waals surface area (Å²) in [6.45, 7) is 1.85. The minimum absolute atomic E-state index is 0.0276. The molecule has 1 heterocycles. The number of nitrogens with one attached hydrogen (secondary N) is 1. The molecule has 7 heteroatoms. The number of carbonyl (C=O) groups is 2. The van der Waals surface area contributed by atoms with Crippen molar-refractivity contribution in [1.29, 1.82) is 0 Å². The maximum Gasteiger partial charge on any atom is 0.242 e. The van der Waals surface area contributed by atoms with Gasteiger partial charge < -0.3 is 5.32 Å². The zero-order valence-corrected chi connectivity index (χ0v) is 17.0. The summed E-state index contributed by atoms with van der Waals surface area (Å²) in [5.41, 5.74) is 2.29. The van der Waals surface area contributed by atoms with Crippen molar-refractivity contribution in [3.8, 4) is 0 Å². The second-order valence-corrected chi connectivity index (χ2v) is 8.52.